The Hall–Kier alpha value is -3.04. The minimum absolute atomic E-state index is 0.0391. The smallest absolute Gasteiger partial charge is 0.240 e. The Morgan fingerprint density at radius 1 is 1.06 bits per heavy atom. The van der Waals surface area contributed by atoms with Gasteiger partial charge in [-0.15, -0.1) is 0 Å². The molecule has 0 aliphatic carbocycles. The maximum absolute atomic E-state index is 12.6. The Kier molecular flexibility index (Phi) is 6.90. The molecule has 0 atom stereocenters. The maximum Gasteiger partial charge on any atom is 0.240 e. The van der Waals surface area contributed by atoms with Gasteiger partial charge in [0.2, 0.25) is 15.9 Å². The summed E-state index contributed by atoms with van der Waals surface area (Å²) >= 11 is 0. The first kappa shape index (κ1) is 23.1. The first-order valence-corrected chi connectivity index (χ1v) is 12.5. The summed E-state index contributed by atoms with van der Waals surface area (Å²) in [5.74, 6) is 1.13. The normalized spacial score (nSPS) is 15.0. The summed E-state index contributed by atoms with van der Waals surface area (Å²) in [4.78, 5) is 18.0. The third kappa shape index (κ3) is 5.15. The zero-order valence-electron chi connectivity index (χ0n) is 18.8. The van der Waals surface area contributed by atoms with E-state index >= 15 is 0 Å². The van der Waals surface area contributed by atoms with Crippen molar-refractivity contribution >= 4 is 26.8 Å². The van der Waals surface area contributed by atoms with Gasteiger partial charge in [-0.05, 0) is 42.5 Å². The van der Waals surface area contributed by atoms with E-state index in [1.54, 1.807) is 0 Å². The Balaban J connectivity index is 1.28. The number of para-hydroxylation sites is 1. The molecule has 1 fully saturated rings. The number of piperidine rings is 1. The van der Waals surface area contributed by atoms with Crippen molar-refractivity contribution in [3.8, 4) is 11.5 Å². The van der Waals surface area contributed by atoms with E-state index in [-0.39, 0.29) is 23.8 Å². The van der Waals surface area contributed by atoms with Crippen LogP contribution < -0.4 is 14.2 Å². The highest BCUT2D eigenvalue weighted by atomic mass is 32.2. The van der Waals surface area contributed by atoms with E-state index in [4.69, 9.17) is 9.47 Å². The summed E-state index contributed by atoms with van der Waals surface area (Å²) in [7, 11) is -0.831. The molecule has 2 heterocycles. The van der Waals surface area contributed by atoms with E-state index in [0.717, 1.165) is 18.4 Å². The van der Waals surface area contributed by atoms with Crippen molar-refractivity contribution in [2.24, 2.45) is 0 Å². The summed E-state index contributed by atoms with van der Waals surface area (Å²) in [5, 5.41) is 1.20. The van der Waals surface area contributed by atoms with Gasteiger partial charge < -0.3 is 19.4 Å². The molecule has 1 amide bonds. The number of rotatable bonds is 8. The number of carbonyl (C=O) groups excluding carboxylic acids is 1. The molecule has 176 valence electrons. The highest BCUT2D eigenvalue weighted by molar-refractivity contribution is 7.89. The predicted octanol–water partition coefficient (Wildman–Crippen LogP) is 3.26. The van der Waals surface area contributed by atoms with Gasteiger partial charge in [0, 0.05) is 49.2 Å². The molecule has 4 rings (SSSR count). The number of likely N-dealkylation sites (tertiary alicyclic amines) is 1. The van der Waals surface area contributed by atoms with Gasteiger partial charge in [-0.1, -0.05) is 18.2 Å². The van der Waals surface area contributed by atoms with Gasteiger partial charge in [0.25, 0.3) is 0 Å². The first-order valence-electron chi connectivity index (χ1n) is 11.0. The Bertz CT molecular complexity index is 1200. The lowest BCUT2D eigenvalue weighted by Crippen LogP contribution is -2.39. The zero-order chi connectivity index (χ0) is 23.4. The molecule has 2 N–H and O–H groups in total. The molecule has 0 bridgehead atoms. The molecular formula is C24H29N3O5S. The average Bonchev–Trinajstić information content (AvgIpc) is 3.28. The standard InChI is InChI=1S/C24H29N3O5S/c1-31-22-8-7-19(16-23(22)32-2)33(29,30)25-12-9-24(28)27-13-10-17(11-14-27)21-15-18-5-3-4-6-20(18)26-21/h3-8,15-17,25-26H,9-14H2,1-2H3. The quantitative estimate of drug-likeness (QED) is 0.525. The second-order valence-electron chi connectivity index (χ2n) is 8.13. The van der Waals surface area contributed by atoms with Gasteiger partial charge in [-0.3, -0.25) is 4.79 Å². The third-order valence-electron chi connectivity index (χ3n) is 6.13. The van der Waals surface area contributed by atoms with Crippen LogP contribution in [0.3, 0.4) is 0 Å². The monoisotopic (exact) mass is 471 g/mol. The summed E-state index contributed by atoms with van der Waals surface area (Å²) in [6, 6.07) is 14.8. The molecule has 8 nitrogen and oxygen atoms in total. The number of nitrogens with one attached hydrogen (secondary N) is 2. The van der Waals surface area contributed by atoms with Gasteiger partial charge in [0.1, 0.15) is 0 Å². The highest BCUT2D eigenvalue weighted by Gasteiger charge is 2.25. The number of sulfonamides is 1. The summed E-state index contributed by atoms with van der Waals surface area (Å²) in [5.41, 5.74) is 2.35. The van der Waals surface area contributed by atoms with E-state index < -0.39 is 10.0 Å². The zero-order valence-corrected chi connectivity index (χ0v) is 19.7. The van der Waals surface area contributed by atoms with Gasteiger partial charge >= 0.3 is 0 Å². The van der Waals surface area contributed by atoms with Crippen molar-refractivity contribution in [3.05, 3.63) is 54.2 Å². The molecular weight excluding hydrogens is 442 g/mol. The van der Waals surface area contributed by atoms with Crippen LogP contribution in [-0.2, 0) is 14.8 Å². The van der Waals surface area contributed by atoms with Crippen molar-refractivity contribution in [2.45, 2.75) is 30.1 Å². The Morgan fingerprint density at radius 2 is 1.79 bits per heavy atom. The number of hydrogen-bond donors (Lipinski definition) is 2. The van der Waals surface area contributed by atoms with Crippen molar-refractivity contribution < 1.29 is 22.7 Å². The molecule has 0 saturated carbocycles. The van der Waals surface area contributed by atoms with Crippen LogP contribution >= 0.6 is 0 Å². The lowest BCUT2D eigenvalue weighted by atomic mass is 9.93. The summed E-state index contributed by atoms with van der Waals surface area (Å²) < 4.78 is 38.0. The number of aromatic nitrogens is 1. The van der Waals surface area contributed by atoms with Crippen LogP contribution in [0.1, 0.15) is 30.9 Å². The lowest BCUT2D eigenvalue weighted by Gasteiger charge is -2.31. The van der Waals surface area contributed by atoms with Crippen LogP contribution in [0.4, 0.5) is 0 Å². The van der Waals surface area contributed by atoms with Gasteiger partial charge in [0.05, 0.1) is 19.1 Å². The minimum atomic E-state index is -3.76. The van der Waals surface area contributed by atoms with E-state index in [1.165, 1.54) is 43.5 Å². The molecule has 3 aromatic rings. The van der Waals surface area contributed by atoms with Crippen molar-refractivity contribution in [3.63, 3.8) is 0 Å². The minimum Gasteiger partial charge on any atom is -0.493 e. The molecule has 1 aromatic heterocycles. The first-order chi connectivity index (χ1) is 15.9. The number of ether oxygens (including phenoxy) is 2. The van der Waals surface area contributed by atoms with Crippen LogP contribution in [0.2, 0.25) is 0 Å². The number of amides is 1. The Morgan fingerprint density at radius 3 is 2.48 bits per heavy atom. The van der Waals surface area contributed by atoms with E-state index in [2.05, 4.69) is 27.9 Å². The van der Waals surface area contributed by atoms with Crippen LogP contribution in [-0.4, -0.2) is 58.1 Å². The van der Waals surface area contributed by atoms with E-state index in [0.29, 0.717) is 30.5 Å². The number of fused-ring (bicyclic) bond motifs is 1. The molecule has 9 heteroatoms. The fourth-order valence-electron chi connectivity index (χ4n) is 4.27. The number of carbonyl (C=O) groups is 1. The number of H-pyrrole nitrogens is 1. The van der Waals surface area contributed by atoms with E-state index in [1.807, 2.05) is 17.0 Å². The number of hydrogen-bond acceptors (Lipinski definition) is 5. The van der Waals surface area contributed by atoms with Gasteiger partial charge in [0.15, 0.2) is 11.5 Å². The molecule has 0 radical (unpaired) electrons. The molecule has 1 aliphatic rings. The van der Waals surface area contributed by atoms with Crippen molar-refractivity contribution in [1.29, 1.82) is 0 Å². The third-order valence-corrected chi connectivity index (χ3v) is 7.59. The van der Waals surface area contributed by atoms with Crippen LogP contribution in [0.15, 0.2) is 53.4 Å². The van der Waals surface area contributed by atoms with E-state index in [9.17, 15) is 13.2 Å². The van der Waals surface area contributed by atoms with Gasteiger partial charge in [-0.25, -0.2) is 13.1 Å². The SMILES string of the molecule is COc1ccc(S(=O)(=O)NCCC(=O)N2CCC(c3cc4ccccc4[nH]3)CC2)cc1OC. The number of methoxy groups -OCH3 is 2. The Labute approximate surface area is 193 Å². The fourth-order valence-corrected chi connectivity index (χ4v) is 5.32. The number of aromatic amines is 1. The number of benzene rings is 2. The number of nitrogens with zero attached hydrogens (tertiary/aromatic N) is 1. The maximum atomic E-state index is 12.6. The molecule has 1 aliphatic heterocycles. The predicted molar refractivity (Wildman–Crippen MR) is 126 cm³/mol. The van der Waals surface area contributed by atoms with Crippen molar-refractivity contribution in [1.82, 2.24) is 14.6 Å². The molecule has 1 saturated heterocycles. The lowest BCUT2D eigenvalue weighted by molar-refractivity contribution is -0.132. The second-order valence-corrected chi connectivity index (χ2v) is 9.90. The molecule has 0 spiro atoms. The van der Waals surface area contributed by atoms with Crippen molar-refractivity contribution in [2.75, 3.05) is 33.9 Å². The largest absolute Gasteiger partial charge is 0.493 e. The molecule has 2 aromatic carbocycles. The molecule has 33 heavy (non-hydrogen) atoms. The average molecular weight is 472 g/mol. The van der Waals surface area contributed by atoms with Crippen LogP contribution in [0, 0.1) is 0 Å². The molecule has 0 unspecified atom stereocenters. The second kappa shape index (κ2) is 9.84. The van der Waals surface area contributed by atoms with Crippen LogP contribution in [0.5, 0.6) is 11.5 Å². The highest BCUT2D eigenvalue weighted by Crippen LogP contribution is 2.31. The summed E-state index contributed by atoms with van der Waals surface area (Å²) in [6.07, 6.45) is 1.88. The topological polar surface area (TPSA) is 101 Å². The fraction of sp³-hybridized carbons (Fsp3) is 0.375. The van der Waals surface area contributed by atoms with Crippen LogP contribution in [0.25, 0.3) is 10.9 Å². The summed E-state index contributed by atoms with van der Waals surface area (Å²) in [6.45, 7) is 1.38. The van der Waals surface area contributed by atoms with Gasteiger partial charge in [-0.2, -0.15) is 0 Å².